The highest BCUT2D eigenvalue weighted by Gasteiger charge is 2.27. The molecule has 1 unspecified atom stereocenters. The van der Waals surface area contributed by atoms with Gasteiger partial charge in [-0.25, -0.2) is 0 Å². The monoisotopic (exact) mass is 363 g/mol. The minimum Gasteiger partial charge on any atom is -0.348 e. The zero-order valence-electron chi connectivity index (χ0n) is 17.9. The maximum atomic E-state index is 6.81. The molecule has 2 heterocycles. The highest BCUT2D eigenvalue weighted by Crippen LogP contribution is 2.38. The van der Waals surface area contributed by atoms with E-state index in [2.05, 4.69) is 77.6 Å². The largest absolute Gasteiger partial charge is 0.348 e. The molecule has 144 valence electrons. The van der Waals surface area contributed by atoms with Crippen molar-refractivity contribution in [3.63, 3.8) is 0 Å². The Morgan fingerprint density at radius 2 is 1.70 bits per heavy atom. The molecular formula is C24H33N3. The molecule has 0 aliphatic carbocycles. The van der Waals surface area contributed by atoms with Gasteiger partial charge < -0.3 is 10.3 Å². The molecule has 1 atom stereocenters. The summed E-state index contributed by atoms with van der Waals surface area (Å²) in [5.41, 5.74) is 17.3. The number of nitrogens with two attached hydrogens (primary N) is 1. The molecule has 2 N–H and O–H groups in total. The molecule has 0 spiro atoms. The van der Waals surface area contributed by atoms with Gasteiger partial charge in [-0.15, -0.1) is 0 Å². The van der Waals surface area contributed by atoms with E-state index in [1.54, 1.807) is 0 Å². The molecular weight excluding hydrogens is 330 g/mol. The first-order chi connectivity index (χ1) is 12.7. The molecule has 0 amide bonds. The maximum absolute atomic E-state index is 6.81. The number of aromatic nitrogens is 2. The fourth-order valence-electron chi connectivity index (χ4n) is 4.43. The summed E-state index contributed by atoms with van der Waals surface area (Å²) in [6.45, 7) is 13.0. The van der Waals surface area contributed by atoms with Gasteiger partial charge in [0, 0.05) is 30.0 Å². The lowest BCUT2D eigenvalue weighted by atomic mass is 9.86. The van der Waals surface area contributed by atoms with Crippen LogP contribution in [0.2, 0.25) is 0 Å². The molecule has 3 aromatic rings. The summed E-state index contributed by atoms with van der Waals surface area (Å²) >= 11 is 0. The van der Waals surface area contributed by atoms with Crippen molar-refractivity contribution in [1.82, 2.24) is 9.55 Å². The van der Waals surface area contributed by atoms with Crippen LogP contribution >= 0.6 is 0 Å². The lowest BCUT2D eigenvalue weighted by Gasteiger charge is -2.27. The smallest absolute Gasteiger partial charge is 0.0966 e. The number of pyridine rings is 1. The van der Waals surface area contributed by atoms with Crippen molar-refractivity contribution in [3.05, 3.63) is 52.3 Å². The first kappa shape index (κ1) is 19.6. The van der Waals surface area contributed by atoms with E-state index in [4.69, 9.17) is 10.7 Å². The van der Waals surface area contributed by atoms with E-state index >= 15 is 0 Å². The van der Waals surface area contributed by atoms with Crippen LogP contribution in [-0.4, -0.2) is 9.55 Å². The molecule has 1 aromatic carbocycles. The maximum Gasteiger partial charge on any atom is 0.0966 e. The molecule has 3 rings (SSSR count). The van der Waals surface area contributed by atoms with Crippen LogP contribution in [0.15, 0.2) is 24.4 Å². The average molecular weight is 364 g/mol. The molecule has 3 heteroatoms. The van der Waals surface area contributed by atoms with Gasteiger partial charge in [-0.2, -0.15) is 0 Å². The lowest BCUT2D eigenvalue weighted by molar-refractivity contribution is 0.435. The highest BCUT2D eigenvalue weighted by molar-refractivity contribution is 5.97. The molecule has 0 aliphatic rings. The second kappa shape index (κ2) is 7.12. The van der Waals surface area contributed by atoms with E-state index in [1.807, 2.05) is 0 Å². The first-order valence-corrected chi connectivity index (χ1v) is 10.00. The summed E-state index contributed by atoms with van der Waals surface area (Å²) in [5, 5.41) is 0. The van der Waals surface area contributed by atoms with Gasteiger partial charge in [0.25, 0.3) is 0 Å². The van der Waals surface area contributed by atoms with Crippen LogP contribution in [0.1, 0.15) is 61.1 Å². The van der Waals surface area contributed by atoms with Gasteiger partial charge >= 0.3 is 0 Å². The zero-order chi connectivity index (χ0) is 19.9. The Morgan fingerprint density at radius 1 is 1.07 bits per heavy atom. The molecule has 0 bridgehead atoms. The Labute approximate surface area is 163 Å². The van der Waals surface area contributed by atoms with Gasteiger partial charge in [0.2, 0.25) is 0 Å². The normalized spacial score (nSPS) is 13.9. The molecule has 0 saturated heterocycles. The molecule has 0 aliphatic heterocycles. The molecule has 0 saturated carbocycles. The van der Waals surface area contributed by atoms with Crippen LogP contribution < -0.4 is 5.73 Å². The number of aryl methyl sites for hydroxylation is 5. The summed E-state index contributed by atoms with van der Waals surface area (Å²) in [6, 6.07) is 6.69. The quantitative estimate of drug-likeness (QED) is 0.619. The van der Waals surface area contributed by atoms with Crippen LogP contribution in [0.5, 0.6) is 0 Å². The minimum atomic E-state index is -0.358. The van der Waals surface area contributed by atoms with Crippen molar-refractivity contribution in [2.75, 3.05) is 0 Å². The van der Waals surface area contributed by atoms with E-state index in [0.29, 0.717) is 0 Å². The topological polar surface area (TPSA) is 43.8 Å². The number of nitrogens with zero attached hydrogens (tertiary/aromatic N) is 2. The van der Waals surface area contributed by atoms with Gasteiger partial charge in [-0.3, -0.25) is 4.98 Å². The fourth-order valence-corrected chi connectivity index (χ4v) is 4.43. The third kappa shape index (κ3) is 3.53. The summed E-state index contributed by atoms with van der Waals surface area (Å²) < 4.78 is 2.21. The summed E-state index contributed by atoms with van der Waals surface area (Å²) in [5.74, 6) is 0. The predicted octanol–water partition coefficient (Wildman–Crippen LogP) is 5.84. The Balaban J connectivity index is 2.31. The van der Waals surface area contributed by atoms with Crippen molar-refractivity contribution in [3.8, 4) is 11.1 Å². The lowest BCUT2D eigenvalue weighted by Crippen LogP contribution is -2.33. The molecule has 0 fully saturated rings. The molecule has 2 aromatic heterocycles. The second-order valence-electron chi connectivity index (χ2n) is 8.46. The van der Waals surface area contributed by atoms with Crippen LogP contribution in [0, 0.1) is 27.7 Å². The number of hydrogen-bond acceptors (Lipinski definition) is 2. The van der Waals surface area contributed by atoms with Crippen LogP contribution in [0.4, 0.5) is 0 Å². The van der Waals surface area contributed by atoms with Crippen LogP contribution in [-0.2, 0) is 12.6 Å². The average Bonchev–Trinajstić information content (AvgIpc) is 2.88. The minimum absolute atomic E-state index is 0.358. The second-order valence-corrected chi connectivity index (χ2v) is 8.46. The van der Waals surface area contributed by atoms with Gasteiger partial charge in [0.05, 0.1) is 11.0 Å². The Bertz CT molecular complexity index is 970. The fraction of sp³-hybridized carbons (Fsp3) is 0.458. The van der Waals surface area contributed by atoms with E-state index in [9.17, 15) is 0 Å². The van der Waals surface area contributed by atoms with Crippen LogP contribution in [0.25, 0.3) is 22.2 Å². The van der Waals surface area contributed by atoms with Crippen molar-refractivity contribution in [2.24, 2.45) is 12.8 Å². The van der Waals surface area contributed by atoms with Crippen molar-refractivity contribution in [1.29, 1.82) is 0 Å². The summed E-state index contributed by atoms with van der Waals surface area (Å²) in [6.07, 6.45) is 5.48. The molecule has 3 nitrogen and oxygen atoms in total. The third-order valence-corrected chi connectivity index (χ3v) is 5.66. The number of hydrogen-bond donors (Lipinski definition) is 1. The van der Waals surface area contributed by atoms with Crippen molar-refractivity contribution < 1.29 is 0 Å². The molecule has 27 heavy (non-hydrogen) atoms. The van der Waals surface area contributed by atoms with Gasteiger partial charge in [0.15, 0.2) is 0 Å². The van der Waals surface area contributed by atoms with Gasteiger partial charge in [-0.05, 0) is 69.4 Å². The first-order valence-electron chi connectivity index (χ1n) is 10.00. The number of benzene rings is 1. The van der Waals surface area contributed by atoms with E-state index < -0.39 is 0 Å². The van der Waals surface area contributed by atoms with Gasteiger partial charge in [-0.1, -0.05) is 37.5 Å². The van der Waals surface area contributed by atoms with Crippen LogP contribution in [0.3, 0.4) is 0 Å². The Hall–Kier alpha value is -2.13. The number of rotatable bonds is 5. The standard InChI is InChI=1S/C24H33N3/c1-8-9-10-24(6,25)20-13-18(5)26-22-19(14-27(7)23(20)22)21-16(3)11-15(2)12-17(21)4/h11-14H,8-10,25H2,1-7H3. The Morgan fingerprint density at radius 3 is 2.30 bits per heavy atom. The number of fused-ring (bicyclic) bond motifs is 1. The summed E-state index contributed by atoms with van der Waals surface area (Å²) in [7, 11) is 2.11. The SMILES string of the molecule is CCCCC(C)(N)c1cc(C)nc2c(-c3c(C)cc(C)cc3C)cn(C)c12. The Kier molecular flexibility index (Phi) is 5.18. The van der Waals surface area contributed by atoms with E-state index in [1.165, 1.54) is 33.4 Å². The highest BCUT2D eigenvalue weighted by atomic mass is 15.0. The molecule has 0 radical (unpaired) electrons. The zero-order valence-corrected chi connectivity index (χ0v) is 17.9. The van der Waals surface area contributed by atoms with E-state index in [0.717, 1.165) is 36.0 Å². The predicted molar refractivity (Wildman–Crippen MR) is 116 cm³/mol. The van der Waals surface area contributed by atoms with Crippen molar-refractivity contribution in [2.45, 2.75) is 66.3 Å². The summed E-state index contributed by atoms with van der Waals surface area (Å²) in [4.78, 5) is 4.96. The van der Waals surface area contributed by atoms with E-state index in [-0.39, 0.29) is 5.54 Å². The number of unbranched alkanes of at least 4 members (excludes halogenated alkanes) is 1. The van der Waals surface area contributed by atoms with Crippen molar-refractivity contribution >= 4 is 11.0 Å². The van der Waals surface area contributed by atoms with Gasteiger partial charge in [0.1, 0.15) is 0 Å². The third-order valence-electron chi connectivity index (χ3n) is 5.66.